The van der Waals surface area contributed by atoms with E-state index < -0.39 is 111 Å². The molecule has 2 aliphatic heterocycles. The van der Waals surface area contributed by atoms with Gasteiger partial charge in [0, 0.05) is 18.5 Å². The number of anilines is 1. The first kappa shape index (κ1) is 39.5. The predicted molar refractivity (Wildman–Crippen MR) is 151 cm³/mol. The van der Waals surface area contributed by atoms with Crippen LogP contribution >= 0.6 is 31.3 Å². The first-order valence-corrected chi connectivity index (χ1v) is 18.9. The van der Waals surface area contributed by atoms with Crippen LogP contribution in [0.25, 0.3) is 0 Å². The lowest BCUT2D eigenvalue weighted by Gasteiger charge is -2.21. The highest BCUT2D eigenvalue weighted by molar-refractivity contribution is 7.69. The molecule has 0 aliphatic carbocycles. The smallest absolute Gasteiger partial charge is 0.387 e. The molecule has 2 fully saturated rings. The Kier molecular flexibility index (Phi) is 11.9. The molecule has 31 heteroatoms. The van der Waals surface area contributed by atoms with Gasteiger partial charge >= 0.3 is 42.7 Å². The monoisotopic (exact) mass is 789 g/mol. The number of rotatable bonds is 14. The van der Waals surface area contributed by atoms with Gasteiger partial charge in [0.1, 0.15) is 42.4 Å². The topological polar surface area (TPSA) is 410 Å². The van der Waals surface area contributed by atoms with Gasteiger partial charge in [0.15, 0.2) is 12.5 Å². The van der Waals surface area contributed by atoms with Crippen molar-refractivity contribution in [3.8, 4) is 0 Å². The Hall–Kier alpha value is -2.32. The summed E-state index contributed by atoms with van der Waals surface area (Å²) in [7, 11) is -24.1. The maximum absolute atomic E-state index is 12.2. The van der Waals surface area contributed by atoms with Crippen LogP contribution in [0.15, 0.2) is 38.9 Å². The fourth-order valence-electron chi connectivity index (χ4n) is 4.24. The van der Waals surface area contributed by atoms with Crippen molar-refractivity contribution in [2.24, 2.45) is 0 Å². The number of ether oxygens (including phenoxy) is 2. The van der Waals surface area contributed by atoms with E-state index in [-0.39, 0.29) is 5.82 Å². The zero-order chi connectivity index (χ0) is 36.7. The molecular weight excluding hydrogens is 762 g/mol. The molecule has 4 heterocycles. The third-order valence-electron chi connectivity index (χ3n) is 6.35. The number of hydrogen-bond acceptors (Lipinski definition) is 20. The average molecular weight is 789 g/mol. The third kappa shape index (κ3) is 9.93. The van der Waals surface area contributed by atoms with Crippen molar-refractivity contribution in [2.75, 3.05) is 18.9 Å². The van der Waals surface area contributed by atoms with E-state index in [2.05, 4.69) is 27.0 Å². The summed E-state index contributed by atoms with van der Waals surface area (Å²) in [6.45, 7) is -2.39. The van der Waals surface area contributed by atoms with Gasteiger partial charge in [-0.1, -0.05) is 0 Å². The van der Waals surface area contributed by atoms with Crippen molar-refractivity contribution in [3.05, 3.63) is 55.8 Å². The number of phosphoric ester groups is 2. The first-order chi connectivity index (χ1) is 22.5. The van der Waals surface area contributed by atoms with E-state index in [4.69, 9.17) is 15.2 Å². The molecular formula is C18H27N5O22P4. The van der Waals surface area contributed by atoms with Crippen LogP contribution < -0.4 is 22.7 Å². The SMILES string of the molecule is Nc1ccn(C2OC(COP(=O)(O)OP(=O)(O)OP(=O)(O)OP(=O)(O)OCC3OC(n4ccc(=O)[nH]c4=O)C(O)C3O)C(O)C2O)c(=O)n1. The fraction of sp³-hybridized carbons (Fsp3) is 0.556. The summed E-state index contributed by atoms with van der Waals surface area (Å²) in [6, 6.07) is 2.01. The minimum Gasteiger partial charge on any atom is -0.387 e. The molecule has 0 saturated carbocycles. The number of nitrogens with one attached hydrogen (secondary N) is 1. The second-order valence-corrected chi connectivity index (χ2v) is 16.1. The highest BCUT2D eigenvalue weighted by Gasteiger charge is 2.50. The van der Waals surface area contributed by atoms with E-state index >= 15 is 0 Å². The van der Waals surface area contributed by atoms with Crippen LogP contribution in [-0.2, 0) is 49.7 Å². The molecule has 2 aliphatic rings. The summed E-state index contributed by atoms with van der Waals surface area (Å²) in [5.74, 6) is -0.187. The normalized spacial score (nSPS) is 32.2. The van der Waals surface area contributed by atoms with E-state index in [1.165, 1.54) is 0 Å². The zero-order valence-corrected chi connectivity index (χ0v) is 27.4. The summed E-state index contributed by atoms with van der Waals surface area (Å²) < 4.78 is 80.7. The molecule has 0 radical (unpaired) electrons. The molecule has 11 N–H and O–H groups in total. The van der Waals surface area contributed by atoms with E-state index in [1.807, 2.05) is 4.98 Å². The van der Waals surface area contributed by atoms with Crippen molar-refractivity contribution in [2.45, 2.75) is 49.1 Å². The number of aromatic amines is 1. The highest BCUT2D eigenvalue weighted by Crippen LogP contribution is 2.71. The number of aliphatic hydroxyl groups excluding tert-OH is 4. The van der Waals surface area contributed by atoms with Crippen molar-refractivity contribution in [1.29, 1.82) is 0 Å². The largest absolute Gasteiger partial charge is 0.490 e. The van der Waals surface area contributed by atoms with Crippen LogP contribution in [0.1, 0.15) is 12.5 Å². The van der Waals surface area contributed by atoms with Gasteiger partial charge in [-0.15, -0.1) is 0 Å². The maximum atomic E-state index is 12.2. The van der Waals surface area contributed by atoms with Gasteiger partial charge in [-0.3, -0.25) is 28.0 Å². The number of hydrogen-bond donors (Lipinski definition) is 10. The van der Waals surface area contributed by atoms with Crippen LogP contribution in [0, 0.1) is 0 Å². The van der Waals surface area contributed by atoms with Crippen LogP contribution in [-0.4, -0.2) is 109 Å². The minimum absolute atomic E-state index is 0.187. The van der Waals surface area contributed by atoms with Gasteiger partial charge in [0.2, 0.25) is 0 Å². The number of aromatic nitrogens is 4. The zero-order valence-electron chi connectivity index (χ0n) is 23.8. The predicted octanol–water partition coefficient (Wildman–Crippen LogP) is -3.90. The molecule has 49 heavy (non-hydrogen) atoms. The van der Waals surface area contributed by atoms with Crippen molar-refractivity contribution in [1.82, 2.24) is 19.1 Å². The van der Waals surface area contributed by atoms with Gasteiger partial charge in [-0.25, -0.2) is 27.8 Å². The number of aliphatic hydroxyl groups is 4. The maximum Gasteiger partial charge on any atom is 0.490 e. The minimum atomic E-state index is -6.23. The quantitative estimate of drug-likeness (QED) is 0.0818. The van der Waals surface area contributed by atoms with Crippen molar-refractivity contribution < 1.29 is 89.7 Å². The highest BCUT2D eigenvalue weighted by atomic mass is 31.3. The van der Waals surface area contributed by atoms with E-state index in [0.29, 0.717) is 9.13 Å². The van der Waals surface area contributed by atoms with Gasteiger partial charge in [0.05, 0.1) is 13.2 Å². The molecule has 0 aromatic carbocycles. The van der Waals surface area contributed by atoms with Crippen LogP contribution in [0.3, 0.4) is 0 Å². The third-order valence-corrected chi connectivity index (χ3v) is 12.3. The lowest BCUT2D eigenvalue weighted by atomic mass is 10.1. The second-order valence-electron chi connectivity index (χ2n) is 9.86. The Morgan fingerprint density at radius 2 is 1.14 bits per heavy atom. The summed E-state index contributed by atoms with van der Waals surface area (Å²) in [6.07, 6.45) is -12.3. The number of nitrogens with zero attached hydrogens (tertiary/aromatic N) is 3. The van der Waals surface area contributed by atoms with E-state index in [0.717, 1.165) is 24.5 Å². The van der Waals surface area contributed by atoms with Gasteiger partial charge in [0.25, 0.3) is 5.56 Å². The fourth-order valence-corrected chi connectivity index (χ4v) is 9.20. The first-order valence-electron chi connectivity index (χ1n) is 12.9. The van der Waals surface area contributed by atoms with Crippen molar-refractivity contribution in [3.63, 3.8) is 0 Å². The van der Waals surface area contributed by atoms with Gasteiger partial charge in [-0.2, -0.15) is 17.9 Å². The summed E-state index contributed by atoms with van der Waals surface area (Å²) >= 11 is 0. The standard InChI is InChI=1S/C18H27N5O22P4/c19-9-1-3-22(17(29)20-9)15-13(27)11(25)7(41-15)5-39-46(31,32)43-48(35,36)45-49(37,38)44-47(33,34)40-6-8-12(26)14(28)16(42-8)23-4-2-10(24)21-18(23)30/h1-4,7-8,11-16,25-28H,5-6H2,(H,31,32)(H,33,34)(H,35,36)(H,37,38)(H2,19,20,29)(H,21,24,30). The second kappa shape index (κ2) is 14.7. The van der Waals surface area contributed by atoms with E-state index in [9.17, 15) is 72.6 Å². The Balaban J connectivity index is 1.30. The molecule has 2 aromatic heterocycles. The number of H-pyrrole nitrogens is 1. The Bertz CT molecular complexity index is 1900. The molecule has 0 amide bonds. The molecule has 4 rings (SSSR count). The Morgan fingerprint density at radius 3 is 1.59 bits per heavy atom. The van der Waals surface area contributed by atoms with Gasteiger partial charge < -0.3 is 55.2 Å². The van der Waals surface area contributed by atoms with Crippen LogP contribution in [0.2, 0.25) is 0 Å². The number of nitrogen functional groups attached to an aromatic ring is 1. The molecule has 0 spiro atoms. The molecule has 12 atom stereocenters. The average Bonchev–Trinajstić information content (AvgIpc) is 3.38. The molecule has 27 nitrogen and oxygen atoms in total. The van der Waals surface area contributed by atoms with Crippen LogP contribution in [0.4, 0.5) is 5.82 Å². The molecule has 12 unspecified atom stereocenters. The van der Waals surface area contributed by atoms with Crippen molar-refractivity contribution >= 4 is 37.1 Å². The number of nitrogens with two attached hydrogens (primary N) is 1. The Labute approximate surface area is 270 Å². The summed E-state index contributed by atoms with van der Waals surface area (Å²) in [5.41, 5.74) is 2.47. The molecule has 0 bridgehead atoms. The number of phosphoric acid groups is 4. The molecule has 2 aromatic rings. The van der Waals surface area contributed by atoms with Gasteiger partial charge in [-0.05, 0) is 6.07 Å². The lowest BCUT2D eigenvalue weighted by molar-refractivity contribution is -0.0543. The van der Waals surface area contributed by atoms with E-state index in [1.54, 1.807) is 0 Å². The lowest BCUT2D eigenvalue weighted by Crippen LogP contribution is -2.37. The Morgan fingerprint density at radius 1 is 0.714 bits per heavy atom. The molecule has 2 saturated heterocycles. The van der Waals surface area contributed by atoms with Crippen LogP contribution in [0.5, 0.6) is 0 Å². The summed E-state index contributed by atoms with van der Waals surface area (Å²) in [5, 5.41) is 40.8. The summed E-state index contributed by atoms with van der Waals surface area (Å²) in [4.78, 5) is 79.5. The molecule has 276 valence electrons.